The van der Waals surface area contributed by atoms with Gasteiger partial charge in [0.2, 0.25) is 5.91 Å². The molecule has 0 radical (unpaired) electrons. The van der Waals surface area contributed by atoms with E-state index in [9.17, 15) is 14.4 Å². The minimum Gasteiger partial charge on any atom is -0.395 e. The van der Waals surface area contributed by atoms with E-state index in [2.05, 4.69) is 14.7 Å². The highest BCUT2D eigenvalue weighted by Gasteiger charge is 2.36. The third-order valence-corrected chi connectivity index (χ3v) is 7.51. The Kier molecular flexibility index (Phi) is 7.53. The fraction of sp³-hybridized carbons (Fsp3) is 0.250. The molecule has 2 atom stereocenters. The Morgan fingerprint density at radius 2 is 1.97 bits per heavy atom. The number of carbonyl (C=O) groups is 3. The Labute approximate surface area is 229 Å². The molecule has 5 N–H and O–H groups in total. The van der Waals surface area contributed by atoms with Gasteiger partial charge < -0.3 is 21.5 Å². The van der Waals surface area contributed by atoms with Gasteiger partial charge in [-0.05, 0) is 67.2 Å². The van der Waals surface area contributed by atoms with Crippen LogP contribution in [-0.2, 0) is 9.53 Å². The third kappa shape index (κ3) is 5.45. The summed E-state index contributed by atoms with van der Waals surface area (Å²) in [5.74, 6) is -1.80. The number of aryl methyl sites for hydroxylation is 1. The fourth-order valence-corrected chi connectivity index (χ4v) is 5.37. The molecule has 0 saturated carbocycles. The smallest absolute Gasteiger partial charge is 0.273 e. The Bertz CT molecular complexity index is 1530. The Morgan fingerprint density at radius 1 is 1.18 bits per heavy atom. The van der Waals surface area contributed by atoms with Gasteiger partial charge in [-0.1, -0.05) is 29.8 Å². The van der Waals surface area contributed by atoms with Crippen LogP contribution in [0.1, 0.15) is 50.2 Å². The molecule has 200 valence electrons. The molecule has 39 heavy (non-hydrogen) atoms. The lowest BCUT2D eigenvalue weighted by Crippen LogP contribution is -2.45. The number of nitrogens with two attached hydrogens (primary N) is 2. The number of rotatable bonds is 8. The number of fused-ring (bicyclic) bond motifs is 1. The second kappa shape index (κ2) is 11.2. The van der Waals surface area contributed by atoms with Gasteiger partial charge in [0.15, 0.2) is 5.69 Å². The van der Waals surface area contributed by atoms with Crippen molar-refractivity contribution < 1.29 is 19.1 Å². The molecule has 1 aliphatic rings. The van der Waals surface area contributed by atoms with E-state index in [0.717, 1.165) is 40.8 Å². The molecule has 0 aliphatic carbocycles. The minimum atomic E-state index is -1.08. The van der Waals surface area contributed by atoms with Crippen LogP contribution in [0.3, 0.4) is 0 Å². The number of primary amides is 1. The molecule has 3 heterocycles. The van der Waals surface area contributed by atoms with Gasteiger partial charge in [0, 0.05) is 30.4 Å². The van der Waals surface area contributed by atoms with Crippen molar-refractivity contribution in [2.75, 3.05) is 23.8 Å². The molecule has 3 amide bonds. The molecule has 2 aromatic heterocycles. The zero-order valence-electron chi connectivity index (χ0n) is 21.3. The first kappa shape index (κ1) is 26.3. The molecule has 1 saturated heterocycles. The molecular formula is C28H28N6O4S. The number of ether oxygens (including phenoxy) is 1. The van der Waals surface area contributed by atoms with Crippen LogP contribution < -0.4 is 21.7 Å². The van der Waals surface area contributed by atoms with Gasteiger partial charge in [0.05, 0.1) is 17.3 Å². The molecule has 4 aromatic rings. The molecule has 0 unspecified atom stereocenters. The first-order chi connectivity index (χ1) is 18.8. The minimum absolute atomic E-state index is 0.0174. The van der Waals surface area contributed by atoms with Crippen LogP contribution in [0, 0.1) is 6.92 Å². The van der Waals surface area contributed by atoms with Crippen LogP contribution in [0.5, 0.6) is 0 Å². The van der Waals surface area contributed by atoms with Crippen LogP contribution in [0.2, 0.25) is 0 Å². The van der Waals surface area contributed by atoms with Crippen molar-refractivity contribution in [2.24, 2.45) is 5.73 Å². The van der Waals surface area contributed by atoms with E-state index in [-0.39, 0.29) is 28.3 Å². The molecule has 1 aliphatic heterocycles. The molecule has 11 heteroatoms. The quantitative estimate of drug-likeness (QED) is 0.307. The zero-order valence-corrected chi connectivity index (χ0v) is 22.1. The number of amides is 3. The number of aromatic nitrogens is 2. The highest BCUT2D eigenvalue weighted by Crippen LogP contribution is 2.34. The van der Waals surface area contributed by atoms with Gasteiger partial charge >= 0.3 is 0 Å². The normalized spacial score (nSPS) is 15.7. The SMILES string of the molecule is Cc1ccc(N(C(=O)c2snc(C(N)=O)c2N)[C@H](C(=O)NC[C@H]2CCCO2)c2ccc3ncccc3c2)cc1. The van der Waals surface area contributed by atoms with E-state index in [1.54, 1.807) is 24.4 Å². The Morgan fingerprint density at radius 3 is 2.67 bits per heavy atom. The summed E-state index contributed by atoms with van der Waals surface area (Å²) < 4.78 is 9.69. The predicted octanol–water partition coefficient (Wildman–Crippen LogP) is 3.36. The Balaban J connectivity index is 1.63. The molecular weight excluding hydrogens is 516 g/mol. The van der Waals surface area contributed by atoms with E-state index in [0.29, 0.717) is 24.4 Å². The van der Waals surface area contributed by atoms with Crippen molar-refractivity contribution in [1.82, 2.24) is 14.7 Å². The number of nitrogens with one attached hydrogen (secondary N) is 1. The molecule has 0 bridgehead atoms. The number of hydrogen-bond acceptors (Lipinski definition) is 8. The van der Waals surface area contributed by atoms with Crippen LogP contribution in [0.25, 0.3) is 10.9 Å². The van der Waals surface area contributed by atoms with Gasteiger partial charge in [-0.2, -0.15) is 4.37 Å². The molecule has 0 spiro atoms. The van der Waals surface area contributed by atoms with Crippen LogP contribution >= 0.6 is 11.5 Å². The van der Waals surface area contributed by atoms with Crippen molar-refractivity contribution in [3.05, 3.63) is 82.5 Å². The maximum absolute atomic E-state index is 14.2. The summed E-state index contributed by atoms with van der Waals surface area (Å²) in [4.78, 5) is 45.7. The second-order valence-electron chi connectivity index (χ2n) is 9.39. The summed E-state index contributed by atoms with van der Waals surface area (Å²) in [6.07, 6.45) is 3.39. The Hall–Kier alpha value is -4.35. The number of pyridine rings is 1. The number of benzene rings is 2. The summed E-state index contributed by atoms with van der Waals surface area (Å²) in [6, 6.07) is 15.3. The average Bonchev–Trinajstić information content (AvgIpc) is 3.60. The summed E-state index contributed by atoms with van der Waals surface area (Å²) in [6.45, 7) is 2.90. The van der Waals surface area contributed by atoms with Crippen LogP contribution in [0.15, 0.2) is 60.8 Å². The largest absolute Gasteiger partial charge is 0.395 e. The van der Waals surface area contributed by atoms with Gasteiger partial charge in [-0.25, -0.2) is 0 Å². The maximum atomic E-state index is 14.2. The lowest BCUT2D eigenvalue weighted by Gasteiger charge is -2.32. The second-order valence-corrected chi connectivity index (χ2v) is 10.2. The van der Waals surface area contributed by atoms with Crippen LogP contribution in [-0.4, -0.2) is 46.3 Å². The van der Waals surface area contributed by atoms with E-state index < -0.39 is 17.9 Å². The summed E-state index contributed by atoms with van der Waals surface area (Å²) >= 11 is 0.771. The van der Waals surface area contributed by atoms with Gasteiger partial charge in [0.25, 0.3) is 11.8 Å². The van der Waals surface area contributed by atoms with Crippen molar-refractivity contribution in [2.45, 2.75) is 31.9 Å². The third-order valence-electron chi connectivity index (χ3n) is 6.66. The molecule has 5 rings (SSSR count). The fourth-order valence-electron chi connectivity index (χ4n) is 4.63. The van der Waals surface area contributed by atoms with E-state index in [1.165, 1.54) is 4.90 Å². The van der Waals surface area contributed by atoms with Gasteiger partial charge in [-0.15, -0.1) is 0 Å². The van der Waals surface area contributed by atoms with Crippen LogP contribution in [0.4, 0.5) is 11.4 Å². The standard InChI is InChI=1S/C28H28N6O4S/c1-16-6-9-19(10-7-16)34(28(37)25-22(29)23(26(30)35)33-39-25)24(27(36)32-15-20-5-3-13-38-20)18-8-11-21-17(14-18)4-2-12-31-21/h2,4,6-12,14,20,24H,3,5,13,15,29H2,1H3,(H2,30,35)(H,32,36)/t20-,24+/m1/s1. The van der Waals surface area contributed by atoms with Crippen molar-refractivity contribution >= 4 is 51.5 Å². The number of nitrogens with zero attached hydrogens (tertiary/aromatic N) is 3. The predicted molar refractivity (Wildman–Crippen MR) is 150 cm³/mol. The summed E-state index contributed by atoms with van der Waals surface area (Å²) in [5, 5.41) is 3.80. The maximum Gasteiger partial charge on any atom is 0.273 e. The lowest BCUT2D eigenvalue weighted by atomic mass is 10.00. The highest BCUT2D eigenvalue weighted by molar-refractivity contribution is 7.09. The van der Waals surface area contributed by atoms with E-state index >= 15 is 0 Å². The van der Waals surface area contributed by atoms with Crippen molar-refractivity contribution in [1.29, 1.82) is 0 Å². The topological polar surface area (TPSA) is 154 Å². The van der Waals surface area contributed by atoms with Gasteiger partial charge in [0.1, 0.15) is 10.9 Å². The highest BCUT2D eigenvalue weighted by atomic mass is 32.1. The molecule has 10 nitrogen and oxygen atoms in total. The molecule has 1 fully saturated rings. The van der Waals surface area contributed by atoms with Gasteiger partial charge in [-0.3, -0.25) is 24.3 Å². The first-order valence-corrected chi connectivity index (χ1v) is 13.3. The van der Waals surface area contributed by atoms with Crippen molar-refractivity contribution in [3.8, 4) is 0 Å². The number of nitrogen functional groups attached to an aromatic ring is 1. The summed E-state index contributed by atoms with van der Waals surface area (Å²) in [7, 11) is 0. The lowest BCUT2D eigenvalue weighted by molar-refractivity contribution is -0.123. The van der Waals surface area contributed by atoms with E-state index in [1.807, 2.05) is 43.3 Å². The number of carbonyl (C=O) groups excluding carboxylic acids is 3. The molecule has 2 aromatic carbocycles. The number of hydrogen-bond donors (Lipinski definition) is 3. The first-order valence-electron chi connectivity index (χ1n) is 12.5. The summed E-state index contributed by atoms with van der Waals surface area (Å²) in [5.41, 5.74) is 14.0. The zero-order chi connectivity index (χ0) is 27.5. The number of anilines is 2. The monoisotopic (exact) mass is 544 g/mol. The average molecular weight is 545 g/mol. The van der Waals surface area contributed by atoms with Crippen molar-refractivity contribution in [3.63, 3.8) is 0 Å². The van der Waals surface area contributed by atoms with E-state index in [4.69, 9.17) is 16.2 Å².